The summed E-state index contributed by atoms with van der Waals surface area (Å²) in [6.07, 6.45) is 5.63. The van der Waals surface area contributed by atoms with Crippen molar-refractivity contribution in [3.8, 4) is 11.5 Å². The first kappa shape index (κ1) is 21.2. The molecule has 0 saturated heterocycles. The zero-order valence-corrected chi connectivity index (χ0v) is 16.6. The van der Waals surface area contributed by atoms with Gasteiger partial charge < -0.3 is 9.47 Å². The maximum atomic E-state index is 11.5. The van der Waals surface area contributed by atoms with E-state index in [-0.39, 0.29) is 11.4 Å². The molecule has 0 radical (unpaired) electrons. The molecule has 0 aromatic heterocycles. The third-order valence-corrected chi connectivity index (χ3v) is 4.18. The molecule has 0 saturated carbocycles. The van der Waals surface area contributed by atoms with Crippen LogP contribution in [0.1, 0.15) is 43.7 Å². The molecule has 0 bridgehead atoms. The summed E-state index contributed by atoms with van der Waals surface area (Å²) in [6.45, 7) is 4.55. The predicted molar refractivity (Wildman–Crippen MR) is 112 cm³/mol. The van der Waals surface area contributed by atoms with Gasteiger partial charge in [-0.3, -0.25) is 15.5 Å². The first-order valence-electron chi connectivity index (χ1n) is 9.40. The molecule has 0 spiro atoms. The van der Waals surface area contributed by atoms with Gasteiger partial charge in [-0.2, -0.15) is 5.10 Å². The summed E-state index contributed by atoms with van der Waals surface area (Å²) in [5, 5.41) is 15.7. The van der Waals surface area contributed by atoms with Crippen molar-refractivity contribution < 1.29 is 14.4 Å². The lowest BCUT2D eigenvalue weighted by atomic mass is 10.1. The van der Waals surface area contributed by atoms with Crippen molar-refractivity contribution in [2.24, 2.45) is 5.10 Å². The van der Waals surface area contributed by atoms with Crippen LogP contribution < -0.4 is 14.9 Å². The van der Waals surface area contributed by atoms with Crippen molar-refractivity contribution in [1.82, 2.24) is 0 Å². The molecular formula is C21H27N3O4. The number of nitrogens with one attached hydrogen (secondary N) is 1. The Morgan fingerprint density at radius 2 is 1.93 bits per heavy atom. The van der Waals surface area contributed by atoms with Gasteiger partial charge in [0.25, 0.3) is 0 Å². The molecule has 7 nitrogen and oxygen atoms in total. The van der Waals surface area contributed by atoms with Gasteiger partial charge in [0.15, 0.2) is 5.75 Å². The molecule has 2 aromatic carbocycles. The first-order chi connectivity index (χ1) is 13.5. The number of nitrogens with zero attached hydrogens (tertiary/aromatic N) is 2. The summed E-state index contributed by atoms with van der Waals surface area (Å²) in [5.74, 6) is 0.481. The average Bonchev–Trinajstić information content (AvgIpc) is 2.69. The number of methoxy groups -OCH3 is 1. The van der Waals surface area contributed by atoms with E-state index in [4.69, 9.17) is 9.47 Å². The molecule has 2 aromatic rings. The van der Waals surface area contributed by atoms with Crippen LogP contribution in [0.15, 0.2) is 41.5 Å². The van der Waals surface area contributed by atoms with Gasteiger partial charge in [-0.05, 0) is 31.5 Å². The Hall–Kier alpha value is -3.09. The van der Waals surface area contributed by atoms with Gasteiger partial charge >= 0.3 is 5.69 Å². The van der Waals surface area contributed by atoms with Crippen molar-refractivity contribution in [1.29, 1.82) is 0 Å². The molecule has 0 atom stereocenters. The minimum Gasteiger partial charge on any atom is -0.493 e. The standard InChI is InChI=1S/C21H27N3O4/c1-4-5-6-7-12-28-21-19(24(25)26)13-17(14-20(21)27-3)15-22-23-18-10-8-16(2)9-11-18/h8-11,13-15,23H,4-7,12H2,1-3H3/b22-15+. The van der Waals surface area contributed by atoms with Crippen molar-refractivity contribution in [2.75, 3.05) is 19.1 Å². The molecule has 0 aliphatic heterocycles. The first-order valence-corrected chi connectivity index (χ1v) is 9.40. The number of unbranched alkanes of at least 4 members (excludes halogenated alkanes) is 3. The topological polar surface area (TPSA) is 86.0 Å². The number of hydrazone groups is 1. The molecule has 0 aliphatic rings. The van der Waals surface area contributed by atoms with Gasteiger partial charge in [0, 0.05) is 11.6 Å². The Morgan fingerprint density at radius 1 is 1.18 bits per heavy atom. The predicted octanol–water partition coefficient (Wildman–Crippen LogP) is 5.32. The van der Waals surface area contributed by atoms with E-state index in [0.717, 1.165) is 36.9 Å². The van der Waals surface area contributed by atoms with Gasteiger partial charge in [0.05, 0.1) is 30.5 Å². The van der Waals surface area contributed by atoms with Crippen LogP contribution in [0.3, 0.4) is 0 Å². The van der Waals surface area contributed by atoms with Crippen LogP contribution in [0.4, 0.5) is 11.4 Å². The molecule has 150 valence electrons. The van der Waals surface area contributed by atoms with E-state index in [1.165, 1.54) is 19.4 Å². The maximum Gasteiger partial charge on any atom is 0.315 e. The van der Waals surface area contributed by atoms with Crippen molar-refractivity contribution in [3.05, 3.63) is 57.6 Å². The lowest BCUT2D eigenvalue weighted by molar-refractivity contribution is -0.386. The highest BCUT2D eigenvalue weighted by atomic mass is 16.6. The fourth-order valence-electron chi connectivity index (χ4n) is 2.63. The summed E-state index contributed by atoms with van der Waals surface area (Å²) < 4.78 is 11.0. The van der Waals surface area contributed by atoms with E-state index < -0.39 is 4.92 Å². The molecule has 28 heavy (non-hydrogen) atoms. The monoisotopic (exact) mass is 385 g/mol. The molecule has 0 aliphatic carbocycles. The number of benzene rings is 2. The number of rotatable bonds is 11. The van der Waals surface area contributed by atoms with Crippen LogP contribution >= 0.6 is 0 Å². The molecule has 7 heteroatoms. The van der Waals surface area contributed by atoms with Crippen molar-refractivity contribution >= 4 is 17.6 Å². The van der Waals surface area contributed by atoms with Crippen LogP contribution in [0.2, 0.25) is 0 Å². The smallest absolute Gasteiger partial charge is 0.315 e. The Kier molecular flexibility index (Phi) is 8.27. The number of hydrogen-bond donors (Lipinski definition) is 1. The normalized spacial score (nSPS) is 10.8. The number of ether oxygens (including phenoxy) is 2. The SMILES string of the molecule is CCCCCCOc1c(OC)cc(/C=N/Nc2ccc(C)cc2)cc1[N+](=O)[O-]. The summed E-state index contributed by atoms with van der Waals surface area (Å²) >= 11 is 0. The van der Waals surface area contributed by atoms with Crippen LogP contribution in [-0.2, 0) is 0 Å². The van der Waals surface area contributed by atoms with E-state index in [9.17, 15) is 10.1 Å². The average molecular weight is 385 g/mol. The highest BCUT2D eigenvalue weighted by molar-refractivity contribution is 5.83. The lowest BCUT2D eigenvalue weighted by Crippen LogP contribution is -2.04. The minimum atomic E-state index is -0.464. The van der Waals surface area contributed by atoms with Crippen LogP contribution in [0.25, 0.3) is 0 Å². The molecule has 0 fully saturated rings. The van der Waals surface area contributed by atoms with Gasteiger partial charge in [-0.1, -0.05) is 43.9 Å². The summed E-state index contributed by atoms with van der Waals surface area (Å²) in [5.41, 5.74) is 5.29. The van der Waals surface area contributed by atoms with Crippen LogP contribution in [0.5, 0.6) is 11.5 Å². The largest absolute Gasteiger partial charge is 0.493 e. The summed E-state index contributed by atoms with van der Waals surface area (Å²) in [7, 11) is 1.47. The number of nitro benzene ring substituents is 1. The number of hydrogen-bond acceptors (Lipinski definition) is 6. The number of aryl methyl sites for hydroxylation is 1. The third-order valence-electron chi connectivity index (χ3n) is 4.18. The Balaban J connectivity index is 2.14. The molecule has 1 N–H and O–H groups in total. The van der Waals surface area contributed by atoms with E-state index in [2.05, 4.69) is 17.5 Å². The van der Waals surface area contributed by atoms with E-state index in [1.807, 2.05) is 31.2 Å². The molecule has 0 unspecified atom stereocenters. The fraction of sp³-hybridized carbons (Fsp3) is 0.381. The number of anilines is 1. The van der Waals surface area contributed by atoms with Crippen LogP contribution in [0, 0.1) is 17.0 Å². The third kappa shape index (κ3) is 6.26. The highest BCUT2D eigenvalue weighted by Crippen LogP contribution is 2.38. The van der Waals surface area contributed by atoms with Crippen molar-refractivity contribution in [2.45, 2.75) is 39.5 Å². The molecule has 0 amide bonds. The van der Waals surface area contributed by atoms with Crippen molar-refractivity contribution in [3.63, 3.8) is 0 Å². The Labute approximate surface area is 165 Å². The maximum absolute atomic E-state index is 11.5. The zero-order chi connectivity index (χ0) is 20.4. The van der Waals surface area contributed by atoms with E-state index in [1.54, 1.807) is 6.07 Å². The summed E-state index contributed by atoms with van der Waals surface area (Å²) in [4.78, 5) is 11.1. The lowest BCUT2D eigenvalue weighted by Gasteiger charge is -2.12. The zero-order valence-electron chi connectivity index (χ0n) is 16.6. The molecule has 0 heterocycles. The molecular weight excluding hydrogens is 358 g/mol. The second-order valence-corrected chi connectivity index (χ2v) is 6.47. The Morgan fingerprint density at radius 3 is 2.57 bits per heavy atom. The van der Waals surface area contributed by atoms with Gasteiger partial charge in [-0.25, -0.2) is 0 Å². The summed E-state index contributed by atoms with van der Waals surface area (Å²) in [6, 6.07) is 10.9. The minimum absolute atomic E-state index is 0.133. The quantitative estimate of drug-likeness (QED) is 0.245. The second kappa shape index (κ2) is 10.9. The number of nitro groups is 1. The Bertz CT molecular complexity index is 804. The van der Waals surface area contributed by atoms with Crippen LogP contribution in [-0.4, -0.2) is 24.9 Å². The van der Waals surface area contributed by atoms with E-state index >= 15 is 0 Å². The highest BCUT2D eigenvalue weighted by Gasteiger charge is 2.22. The van der Waals surface area contributed by atoms with E-state index in [0.29, 0.717) is 17.9 Å². The van der Waals surface area contributed by atoms with Gasteiger partial charge in [-0.15, -0.1) is 0 Å². The molecule has 2 rings (SSSR count). The fourth-order valence-corrected chi connectivity index (χ4v) is 2.63. The van der Waals surface area contributed by atoms with Gasteiger partial charge in [0.2, 0.25) is 5.75 Å². The van der Waals surface area contributed by atoms with Gasteiger partial charge in [0.1, 0.15) is 0 Å². The second-order valence-electron chi connectivity index (χ2n) is 6.47.